The van der Waals surface area contributed by atoms with Crippen LogP contribution in [0.2, 0.25) is 0 Å². The van der Waals surface area contributed by atoms with Crippen LogP contribution in [0.4, 0.5) is 0 Å². The van der Waals surface area contributed by atoms with Crippen LogP contribution in [-0.4, -0.2) is 65.8 Å². The zero-order valence-electron chi connectivity index (χ0n) is 35.9. The van der Waals surface area contributed by atoms with E-state index in [1.165, 1.54) is 11.6 Å². The molecule has 0 spiro atoms. The molecule has 4 N–H and O–H groups in total. The topological polar surface area (TPSA) is 142 Å². The molecule has 7 rings (SSSR count). The fourth-order valence-electron chi connectivity index (χ4n) is 7.82. The molecule has 1 fully saturated rings. The van der Waals surface area contributed by atoms with Crippen molar-refractivity contribution in [1.29, 1.82) is 0 Å². The van der Waals surface area contributed by atoms with E-state index in [-0.39, 0.29) is 29.3 Å². The Morgan fingerprint density at radius 3 is 2.41 bits per heavy atom. The highest BCUT2D eigenvalue weighted by atomic mass is 16.5. The first-order valence-corrected chi connectivity index (χ1v) is 21.7. The molecular formula is C52H56N4O7. The van der Waals surface area contributed by atoms with Crippen LogP contribution in [0.1, 0.15) is 77.2 Å². The van der Waals surface area contributed by atoms with E-state index in [1.807, 2.05) is 86.7 Å². The summed E-state index contributed by atoms with van der Waals surface area (Å²) >= 11 is 0. The Morgan fingerprint density at radius 2 is 1.63 bits per heavy atom. The fourth-order valence-corrected chi connectivity index (χ4v) is 7.82. The van der Waals surface area contributed by atoms with Crippen molar-refractivity contribution in [3.8, 4) is 17.2 Å². The minimum absolute atomic E-state index is 0.00740. The number of phenols is 1. The predicted octanol–water partition coefficient (Wildman–Crippen LogP) is 8.57. The number of nitrogens with one attached hydrogen (secondary N) is 3. The molecule has 11 heteroatoms. The third kappa shape index (κ3) is 12.4. The number of esters is 1. The molecule has 11 nitrogen and oxygen atoms in total. The summed E-state index contributed by atoms with van der Waals surface area (Å²) in [5, 5.41) is 17.2. The van der Waals surface area contributed by atoms with Crippen molar-refractivity contribution in [2.75, 3.05) is 32.8 Å². The van der Waals surface area contributed by atoms with Gasteiger partial charge in [-0.3, -0.25) is 19.3 Å². The highest BCUT2D eigenvalue weighted by Gasteiger charge is 2.27. The van der Waals surface area contributed by atoms with Crippen LogP contribution >= 0.6 is 0 Å². The number of amides is 1. The van der Waals surface area contributed by atoms with Gasteiger partial charge in [0.15, 0.2) is 0 Å². The van der Waals surface area contributed by atoms with Gasteiger partial charge in [-0.1, -0.05) is 84.9 Å². The number of piperidine rings is 1. The molecular weight excluding hydrogens is 793 g/mol. The Balaban J connectivity index is 0.887. The molecule has 1 aromatic heterocycles. The summed E-state index contributed by atoms with van der Waals surface area (Å²) in [5.41, 5.74) is 5.25. The van der Waals surface area contributed by atoms with Crippen molar-refractivity contribution in [1.82, 2.24) is 20.5 Å². The van der Waals surface area contributed by atoms with Crippen molar-refractivity contribution in [3.63, 3.8) is 0 Å². The number of fused-ring (bicyclic) bond motifs is 1. The molecule has 0 bridgehead atoms. The van der Waals surface area contributed by atoms with Gasteiger partial charge in [-0.15, -0.1) is 0 Å². The maximum atomic E-state index is 13.8. The number of rotatable bonds is 19. The SMILES string of the molecule is CC(C)Oc1cc(C(=O)NCCCOc2cccc(C(C(=O)OCC3CCN(Cc4ccccc4)CC3)c3ccccc3)c2)ccc1CN/C=C/c1ccc(O)c2[nH]c(=O)ccc12. The lowest BCUT2D eigenvalue weighted by Crippen LogP contribution is -2.35. The third-order valence-electron chi connectivity index (χ3n) is 11.1. The van der Waals surface area contributed by atoms with E-state index in [0.29, 0.717) is 61.2 Å². The Kier molecular flexibility index (Phi) is 15.3. The first kappa shape index (κ1) is 44.2. The van der Waals surface area contributed by atoms with Gasteiger partial charge in [-0.05, 0) is 123 Å². The number of nitrogens with zero attached hydrogens (tertiary/aromatic N) is 1. The normalized spacial score (nSPS) is 13.8. The van der Waals surface area contributed by atoms with E-state index in [2.05, 4.69) is 44.8 Å². The summed E-state index contributed by atoms with van der Waals surface area (Å²) in [6, 6.07) is 39.7. The second kappa shape index (κ2) is 21.8. The molecule has 1 amide bonds. The third-order valence-corrected chi connectivity index (χ3v) is 11.1. The summed E-state index contributed by atoms with van der Waals surface area (Å²) in [4.78, 5) is 43.9. The number of aromatic amines is 1. The number of carbonyl (C=O) groups excluding carboxylic acids is 2. The monoisotopic (exact) mass is 848 g/mol. The van der Waals surface area contributed by atoms with E-state index in [4.69, 9.17) is 14.2 Å². The molecule has 1 aliphatic rings. The molecule has 0 aliphatic carbocycles. The second-order valence-electron chi connectivity index (χ2n) is 16.2. The van der Waals surface area contributed by atoms with Crippen LogP contribution in [-0.2, 0) is 22.6 Å². The number of phenolic OH excluding ortho intramolecular Hbond substituents is 1. The second-order valence-corrected chi connectivity index (χ2v) is 16.2. The Bertz CT molecular complexity index is 2530. The van der Waals surface area contributed by atoms with Crippen LogP contribution in [0.3, 0.4) is 0 Å². The first-order chi connectivity index (χ1) is 30.7. The minimum Gasteiger partial charge on any atom is -0.506 e. The van der Waals surface area contributed by atoms with E-state index in [0.717, 1.165) is 60.1 Å². The molecule has 1 atom stereocenters. The van der Waals surface area contributed by atoms with Crippen molar-refractivity contribution in [3.05, 3.63) is 177 Å². The Morgan fingerprint density at radius 1 is 0.873 bits per heavy atom. The van der Waals surface area contributed by atoms with Gasteiger partial charge in [0.1, 0.15) is 23.2 Å². The zero-order chi connectivity index (χ0) is 44.0. The lowest BCUT2D eigenvalue weighted by molar-refractivity contribution is -0.146. The molecule has 2 heterocycles. The number of H-pyrrole nitrogens is 1. The zero-order valence-corrected chi connectivity index (χ0v) is 35.9. The molecule has 1 aliphatic heterocycles. The van der Waals surface area contributed by atoms with Crippen LogP contribution < -0.4 is 25.7 Å². The lowest BCUT2D eigenvalue weighted by atomic mass is 9.91. The maximum Gasteiger partial charge on any atom is 0.317 e. The van der Waals surface area contributed by atoms with Gasteiger partial charge in [0, 0.05) is 42.2 Å². The van der Waals surface area contributed by atoms with E-state index < -0.39 is 5.92 Å². The van der Waals surface area contributed by atoms with Crippen molar-refractivity contribution < 1.29 is 28.9 Å². The highest BCUT2D eigenvalue weighted by Crippen LogP contribution is 2.30. The van der Waals surface area contributed by atoms with E-state index in [9.17, 15) is 19.5 Å². The summed E-state index contributed by atoms with van der Waals surface area (Å²) in [6.07, 6.45) is 6.11. The van der Waals surface area contributed by atoms with E-state index >= 15 is 0 Å². The van der Waals surface area contributed by atoms with Gasteiger partial charge in [-0.2, -0.15) is 0 Å². The standard InChI is InChI=1S/C52H56N4O7/c1-36(2)63-47-32-42(17-18-43(47)33-53-27-23-39-19-21-46(57)50-45(39)20-22-48(58)55-50)51(59)54-26-10-30-61-44-16-9-15-41(31-44)49(40-13-7-4-8-14-40)52(60)62-35-38-24-28-56(29-25-38)34-37-11-5-3-6-12-37/h3-9,11-23,27,31-32,36,38,49,53,57H,10,24-26,28-30,33-35H2,1-2H3,(H,54,59)(H,55,58)/b27-23+. The molecule has 326 valence electrons. The number of carbonyl (C=O) groups is 2. The van der Waals surface area contributed by atoms with Crippen LogP contribution in [0, 0.1) is 5.92 Å². The largest absolute Gasteiger partial charge is 0.506 e. The quantitative estimate of drug-likeness (QED) is 0.0466. The van der Waals surface area contributed by atoms with Crippen LogP contribution in [0.25, 0.3) is 17.0 Å². The van der Waals surface area contributed by atoms with Crippen LogP contribution in [0.5, 0.6) is 17.2 Å². The first-order valence-electron chi connectivity index (χ1n) is 21.7. The average molecular weight is 849 g/mol. The van der Waals surface area contributed by atoms with Crippen LogP contribution in [0.15, 0.2) is 138 Å². The predicted molar refractivity (Wildman–Crippen MR) is 247 cm³/mol. The minimum atomic E-state index is -0.587. The summed E-state index contributed by atoms with van der Waals surface area (Å²) in [6.45, 7) is 8.39. The smallest absolute Gasteiger partial charge is 0.317 e. The fraction of sp³-hybridized carbons (Fsp3) is 0.288. The van der Waals surface area contributed by atoms with Gasteiger partial charge in [0.05, 0.1) is 24.8 Å². The maximum absolute atomic E-state index is 13.8. The van der Waals surface area contributed by atoms with Gasteiger partial charge < -0.3 is 34.9 Å². The van der Waals surface area contributed by atoms with Crippen molar-refractivity contribution >= 4 is 28.9 Å². The molecule has 0 saturated carbocycles. The molecule has 6 aromatic rings. The van der Waals surface area contributed by atoms with Gasteiger partial charge in [-0.25, -0.2) is 0 Å². The molecule has 5 aromatic carbocycles. The number of hydrogen-bond acceptors (Lipinski definition) is 9. The lowest BCUT2D eigenvalue weighted by Gasteiger charge is -2.32. The number of aromatic nitrogens is 1. The number of hydrogen-bond donors (Lipinski definition) is 4. The number of ether oxygens (including phenoxy) is 3. The Labute approximate surface area is 368 Å². The summed E-state index contributed by atoms with van der Waals surface area (Å²) in [7, 11) is 0. The van der Waals surface area contributed by atoms with E-state index in [1.54, 1.807) is 36.5 Å². The number of aromatic hydroxyl groups is 1. The van der Waals surface area contributed by atoms with Gasteiger partial charge in [0.25, 0.3) is 5.91 Å². The van der Waals surface area contributed by atoms with Gasteiger partial charge in [0.2, 0.25) is 5.56 Å². The van der Waals surface area contributed by atoms with Gasteiger partial charge >= 0.3 is 5.97 Å². The van der Waals surface area contributed by atoms with Crippen molar-refractivity contribution in [2.45, 2.75) is 58.2 Å². The average Bonchev–Trinajstić information content (AvgIpc) is 3.29. The Hall–Kier alpha value is -6.85. The number of pyridine rings is 1. The highest BCUT2D eigenvalue weighted by molar-refractivity contribution is 5.94. The molecule has 1 unspecified atom stereocenters. The molecule has 63 heavy (non-hydrogen) atoms. The summed E-state index contributed by atoms with van der Waals surface area (Å²) < 4.78 is 18.3. The molecule has 0 radical (unpaired) electrons. The summed E-state index contributed by atoms with van der Waals surface area (Å²) in [5.74, 6) is 0.506. The van der Waals surface area contributed by atoms with Crippen molar-refractivity contribution in [2.24, 2.45) is 5.92 Å². The molecule has 1 saturated heterocycles. The number of likely N-dealkylation sites (tertiary alicyclic amines) is 1. The number of benzene rings is 5.